The average molecular weight is 295 g/mol. The zero-order chi connectivity index (χ0) is 14.9. The molecular formula is C15H25N3O3. The highest BCUT2D eigenvalue weighted by Gasteiger charge is 2.46. The maximum absolute atomic E-state index is 12.5. The number of rotatable bonds is 1. The molecule has 0 unspecified atom stereocenters. The number of carbonyl (C=O) groups is 2. The number of likely N-dealkylation sites (N-methyl/N-ethyl adjacent to an activating group) is 1. The number of hydrogen-bond acceptors (Lipinski definition) is 4. The highest BCUT2D eigenvalue weighted by atomic mass is 16.5. The number of likely N-dealkylation sites (tertiary alicyclic amines) is 1. The van der Waals surface area contributed by atoms with E-state index in [9.17, 15) is 9.59 Å². The van der Waals surface area contributed by atoms with Crippen LogP contribution in [-0.4, -0.2) is 73.6 Å². The third-order valence-corrected chi connectivity index (χ3v) is 5.29. The van der Waals surface area contributed by atoms with E-state index in [0.717, 1.165) is 38.8 Å². The lowest BCUT2D eigenvalue weighted by Crippen LogP contribution is -2.61. The Morgan fingerprint density at radius 1 is 1.33 bits per heavy atom. The summed E-state index contributed by atoms with van der Waals surface area (Å²) < 4.78 is 5.31. The Balaban J connectivity index is 1.65. The van der Waals surface area contributed by atoms with Crippen molar-refractivity contribution in [2.75, 3.05) is 46.4 Å². The van der Waals surface area contributed by atoms with Crippen LogP contribution in [0.5, 0.6) is 0 Å². The summed E-state index contributed by atoms with van der Waals surface area (Å²) in [7, 11) is 2.03. The second kappa shape index (κ2) is 5.93. The lowest BCUT2D eigenvalue weighted by atomic mass is 9.84. The minimum atomic E-state index is -0.417. The topological polar surface area (TPSA) is 61.9 Å². The normalized spacial score (nSPS) is 30.2. The Morgan fingerprint density at radius 3 is 2.76 bits per heavy atom. The zero-order valence-electron chi connectivity index (χ0n) is 12.8. The number of amides is 2. The molecule has 3 aliphatic heterocycles. The second-order valence-electron chi connectivity index (χ2n) is 6.45. The molecule has 3 fully saturated rings. The van der Waals surface area contributed by atoms with Crippen molar-refractivity contribution in [1.29, 1.82) is 0 Å². The summed E-state index contributed by atoms with van der Waals surface area (Å²) in [6, 6.07) is 0. The van der Waals surface area contributed by atoms with Gasteiger partial charge in [-0.25, -0.2) is 0 Å². The SMILES string of the molecule is CN1CCCNC(=O)C12CCN(C(=O)[C@@H]1CCOC1)CC2. The van der Waals surface area contributed by atoms with Gasteiger partial charge in [-0.1, -0.05) is 0 Å². The van der Waals surface area contributed by atoms with Gasteiger partial charge in [0.2, 0.25) is 11.8 Å². The van der Waals surface area contributed by atoms with Gasteiger partial charge in [0.1, 0.15) is 5.54 Å². The van der Waals surface area contributed by atoms with E-state index in [0.29, 0.717) is 26.3 Å². The maximum Gasteiger partial charge on any atom is 0.240 e. The average Bonchev–Trinajstić information content (AvgIpc) is 3.00. The number of nitrogens with one attached hydrogen (secondary N) is 1. The molecule has 0 aromatic carbocycles. The Bertz CT molecular complexity index is 412. The van der Waals surface area contributed by atoms with Crippen LogP contribution in [-0.2, 0) is 14.3 Å². The van der Waals surface area contributed by atoms with E-state index in [1.807, 2.05) is 11.9 Å². The predicted molar refractivity (Wildman–Crippen MR) is 77.7 cm³/mol. The van der Waals surface area contributed by atoms with Crippen molar-refractivity contribution in [2.45, 2.75) is 31.2 Å². The fourth-order valence-corrected chi connectivity index (χ4v) is 3.76. The molecule has 3 aliphatic rings. The van der Waals surface area contributed by atoms with Crippen LogP contribution < -0.4 is 5.32 Å². The summed E-state index contributed by atoms with van der Waals surface area (Å²) in [6.07, 6.45) is 3.29. The van der Waals surface area contributed by atoms with E-state index in [1.165, 1.54) is 0 Å². The van der Waals surface area contributed by atoms with Gasteiger partial charge in [0.15, 0.2) is 0 Å². The molecule has 0 saturated carbocycles. The van der Waals surface area contributed by atoms with Crippen LogP contribution in [0.1, 0.15) is 25.7 Å². The van der Waals surface area contributed by atoms with Crippen molar-refractivity contribution in [3.63, 3.8) is 0 Å². The Hall–Kier alpha value is -1.14. The number of ether oxygens (including phenoxy) is 1. The van der Waals surface area contributed by atoms with Gasteiger partial charge < -0.3 is 15.0 Å². The summed E-state index contributed by atoms with van der Waals surface area (Å²) >= 11 is 0. The standard InChI is InChI=1S/C15H25N3O3/c1-17-7-2-6-16-14(20)15(17)4-8-18(9-5-15)13(19)12-3-10-21-11-12/h12H,2-11H2,1H3,(H,16,20)/t12-/m1/s1. The van der Waals surface area contributed by atoms with Crippen LogP contribution in [0.25, 0.3) is 0 Å². The van der Waals surface area contributed by atoms with Gasteiger partial charge in [0, 0.05) is 32.8 Å². The van der Waals surface area contributed by atoms with E-state index in [2.05, 4.69) is 10.2 Å². The molecule has 0 bridgehead atoms. The van der Waals surface area contributed by atoms with E-state index in [-0.39, 0.29) is 17.7 Å². The molecule has 3 heterocycles. The predicted octanol–water partition coefficient (Wildman–Crippen LogP) is -0.164. The van der Waals surface area contributed by atoms with Gasteiger partial charge in [-0.3, -0.25) is 14.5 Å². The third kappa shape index (κ3) is 2.66. The van der Waals surface area contributed by atoms with Crippen molar-refractivity contribution in [3.05, 3.63) is 0 Å². The molecule has 1 N–H and O–H groups in total. The zero-order valence-corrected chi connectivity index (χ0v) is 12.8. The highest BCUT2D eigenvalue weighted by Crippen LogP contribution is 2.31. The molecule has 3 rings (SSSR count). The highest BCUT2D eigenvalue weighted by molar-refractivity contribution is 5.87. The molecule has 0 aromatic heterocycles. The van der Waals surface area contributed by atoms with Gasteiger partial charge in [-0.15, -0.1) is 0 Å². The van der Waals surface area contributed by atoms with Gasteiger partial charge in [-0.2, -0.15) is 0 Å². The van der Waals surface area contributed by atoms with Crippen LogP contribution in [0.3, 0.4) is 0 Å². The van der Waals surface area contributed by atoms with Gasteiger partial charge in [-0.05, 0) is 32.7 Å². The van der Waals surface area contributed by atoms with Crippen LogP contribution in [0.2, 0.25) is 0 Å². The molecule has 6 nitrogen and oxygen atoms in total. The summed E-state index contributed by atoms with van der Waals surface area (Å²) in [5.41, 5.74) is -0.417. The smallest absolute Gasteiger partial charge is 0.240 e. The van der Waals surface area contributed by atoms with Crippen LogP contribution in [0, 0.1) is 5.92 Å². The molecular weight excluding hydrogens is 270 g/mol. The van der Waals surface area contributed by atoms with E-state index < -0.39 is 5.54 Å². The summed E-state index contributed by atoms with van der Waals surface area (Å²) in [4.78, 5) is 29.0. The molecule has 1 atom stereocenters. The van der Waals surface area contributed by atoms with Crippen molar-refractivity contribution in [1.82, 2.24) is 15.1 Å². The number of hydrogen-bond donors (Lipinski definition) is 1. The number of nitrogens with zero attached hydrogens (tertiary/aromatic N) is 2. The molecule has 1 spiro atoms. The van der Waals surface area contributed by atoms with E-state index >= 15 is 0 Å². The number of piperidine rings is 1. The summed E-state index contributed by atoms with van der Waals surface area (Å²) in [5.74, 6) is 0.373. The van der Waals surface area contributed by atoms with Crippen LogP contribution in [0.4, 0.5) is 0 Å². The van der Waals surface area contributed by atoms with E-state index in [1.54, 1.807) is 0 Å². The molecule has 0 aliphatic carbocycles. The molecule has 0 aromatic rings. The monoisotopic (exact) mass is 295 g/mol. The Labute approximate surface area is 125 Å². The Kier molecular flexibility index (Phi) is 4.17. The molecule has 3 saturated heterocycles. The molecule has 2 amide bonds. The van der Waals surface area contributed by atoms with Crippen molar-refractivity contribution in [3.8, 4) is 0 Å². The summed E-state index contributed by atoms with van der Waals surface area (Å²) in [5, 5.41) is 3.03. The second-order valence-corrected chi connectivity index (χ2v) is 6.45. The van der Waals surface area contributed by atoms with Gasteiger partial charge >= 0.3 is 0 Å². The summed E-state index contributed by atoms with van der Waals surface area (Å²) in [6.45, 7) is 4.29. The van der Waals surface area contributed by atoms with Crippen LogP contribution in [0.15, 0.2) is 0 Å². The lowest BCUT2D eigenvalue weighted by Gasteiger charge is -2.45. The van der Waals surface area contributed by atoms with E-state index in [4.69, 9.17) is 4.74 Å². The minimum absolute atomic E-state index is 0.0275. The van der Waals surface area contributed by atoms with Gasteiger partial charge in [0.05, 0.1) is 12.5 Å². The largest absolute Gasteiger partial charge is 0.381 e. The third-order valence-electron chi connectivity index (χ3n) is 5.29. The lowest BCUT2D eigenvalue weighted by molar-refractivity contribution is -0.143. The fourth-order valence-electron chi connectivity index (χ4n) is 3.76. The van der Waals surface area contributed by atoms with Crippen molar-refractivity contribution >= 4 is 11.8 Å². The molecule has 118 valence electrons. The molecule has 6 heteroatoms. The van der Waals surface area contributed by atoms with Crippen LogP contribution >= 0.6 is 0 Å². The Morgan fingerprint density at radius 2 is 2.10 bits per heavy atom. The quantitative estimate of drug-likeness (QED) is 0.730. The minimum Gasteiger partial charge on any atom is -0.381 e. The fraction of sp³-hybridized carbons (Fsp3) is 0.867. The molecule has 0 radical (unpaired) electrons. The first-order chi connectivity index (χ1) is 10.1. The van der Waals surface area contributed by atoms with Crippen molar-refractivity contribution in [2.24, 2.45) is 5.92 Å². The number of carbonyl (C=O) groups excluding carboxylic acids is 2. The first-order valence-electron chi connectivity index (χ1n) is 7.99. The first-order valence-corrected chi connectivity index (χ1v) is 7.99. The maximum atomic E-state index is 12.5. The first kappa shape index (κ1) is 14.8. The van der Waals surface area contributed by atoms with Gasteiger partial charge in [0.25, 0.3) is 0 Å². The van der Waals surface area contributed by atoms with Crippen molar-refractivity contribution < 1.29 is 14.3 Å². The molecule has 21 heavy (non-hydrogen) atoms.